The number of fused-ring (bicyclic) bond motifs is 1. The summed E-state index contributed by atoms with van der Waals surface area (Å²) in [7, 11) is 0. The van der Waals surface area contributed by atoms with Crippen molar-refractivity contribution in [2.75, 3.05) is 26.3 Å². The molecular formula is C17H25NO3. The first kappa shape index (κ1) is 14.7. The average Bonchev–Trinajstić information content (AvgIpc) is 2.95. The van der Waals surface area contributed by atoms with Crippen molar-refractivity contribution in [1.82, 2.24) is 4.90 Å². The number of aliphatic hydroxyl groups is 1. The molecule has 4 nitrogen and oxygen atoms in total. The molecule has 2 atom stereocenters. The smallest absolute Gasteiger partial charge is 0.161 e. The molecule has 1 aromatic carbocycles. The number of rotatable bonds is 4. The van der Waals surface area contributed by atoms with E-state index in [0.29, 0.717) is 31.7 Å². The third kappa shape index (κ3) is 3.16. The lowest BCUT2D eigenvalue weighted by Gasteiger charge is -2.29. The van der Waals surface area contributed by atoms with Crippen molar-refractivity contribution in [3.63, 3.8) is 0 Å². The Morgan fingerprint density at radius 3 is 2.76 bits per heavy atom. The summed E-state index contributed by atoms with van der Waals surface area (Å²) in [5, 5.41) is 10.5. The minimum Gasteiger partial charge on any atom is -0.486 e. The van der Waals surface area contributed by atoms with E-state index in [1.807, 2.05) is 18.2 Å². The predicted octanol–water partition coefficient (Wildman–Crippen LogP) is 2.61. The van der Waals surface area contributed by atoms with Crippen molar-refractivity contribution in [3.8, 4) is 11.5 Å². The summed E-state index contributed by atoms with van der Waals surface area (Å²) in [4.78, 5) is 2.42. The fourth-order valence-electron chi connectivity index (χ4n) is 3.43. The van der Waals surface area contributed by atoms with Crippen LogP contribution in [0.15, 0.2) is 18.2 Å². The summed E-state index contributed by atoms with van der Waals surface area (Å²) in [5.74, 6) is 2.16. The van der Waals surface area contributed by atoms with Gasteiger partial charge in [0.15, 0.2) is 11.5 Å². The van der Waals surface area contributed by atoms with Crippen molar-refractivity contribution in [1.29, 1.82) is 0 Å². The monoisotopic (exact) mass is 291 g/mol. The van der Waals surface area contributed by atoms with Gasteiger partial charge in [-0.25, -0.2) is 0 Å². The van der Waals surface area contributed by atoms with Crippen LogP contribution in [0.1, 0.15) is 38.4 Å². The van der Waals surface area contributed by atoms with E-state index in [0.717, 1.165) is 23.6 Å². The van der Waals surface area contributed by atoms with Gasteiger partial charge in [-0.15, -0.1) is 0 Å². The van der Waals surface area contributed by atoms with Crippen molar-refractivity contribution in [3.05, 3.63) is 23.8 Å². The van der Waals surface area contributed by atoms with E-state index < -0.39 is 6.10 Å². The molecule has 0 saturated carbocycles. The highest BCUT2D eigenvalue weighted by atomic mass is 16.6. The fraction of sp³-hybridized carbons (Fsp3) is 0.647. The second-order valence-electron chi connectivity index (χ2n) is 6.37. The highest BCUT2D eigenvalue weighted by Gasteiger charge is 2.29. The van der Waals surface area contributed by atoms with Gasteiger partial charge in [-0.3, -0.25) is 4.90 Å². The molecule has 0 aromatic heterocycles. The van der Waals surface area contributed by atoms with Crippen molar-refractivity contribution in [2.45, 2.75) is 38.8 Å². The molecule has 21 heavy (non-hydrogen) atoms. The average molecular weight is 291 g/mol. The van der Waals surface area contributed by atoms with Crippen LogP contribution >= 0.6 is 0 Å². The topological polar surface area (TPSA) is 41.9 Å². The second kappa shape index (κ2) is 6.24. The number of ether oxygens (including phenoxy) is 2. The summed E-state index contributed by atoms with van der Waals surface area (Å²) in [6, 6.07) is 6.35. The minimum atomic E-state index is -0.472. The molecule has 1 saturated heterocycles. The Kier molecular flexibility index (Phi) is 4.36. The number of β-amino-alcohol motifs (C(OH)–C–C–N with tert-alkyl or cyclic N) is 1. The van der Waals surface area contributed by atoms with Crippen LogP contribution < -0.4 is 9.47 Å². The van der Waals surface area contributed by atoms with E-state index in [4.69, 9.17) is 9.47 Å². The SMILES string of the molecule is CC(C)C1CCCN1CC(O)c1ccc2c(c1)OCCO2. The third-order valence-corrected chi connectivity index (χ3v) is 4.54. The maximum absolute atomic E-state index is 10.5. The highest BCUT2D eigenvalue weighted by Crippen LogP contribution is 2.33. The lowest BCUT2D eigenvalue weighted by atomic mass is 10.0. The second-order valence-corrected chi connectivity index (χ2v) is 6.37. The molecule has 1 N–H and O–H groups in total. The molecule has 0 radical (unpaired) electrons. The van der Waals surface area contributed by atoms with Crippen LogP contribution in [0.2, 0.25) is 0 Å². The Hall–Kier alpha value is -1.26. The van der Waals surface area contributed by atoms with Crippen LogP contribution in [0, 0.1) is 5.92 Å². The van der Waals surface area contributed by atoms with Gasteiger partial charge in [0.25, 0.3) is 0 Å². The highest BCUT2D eigenvalue weighted by molar-refractivity contribution is 5.44. The van der Waals surface area contributed by atoms with E-state index in [9.17, 15) is 5.11 Å². The molecule has 1 fully saturated rings. The van der Waals surface area contributed by atoms with Gasteiger partial charge < -0.3 is 14.6 Å². The molecular weight excluding hydrogens is 266 g/mol. The first-order valence-corrected chi connectivity index (χ1v) is 7.97. The van der Waals surface area contributed by atoms with E-state index in [1.165, 1.54) is 12.8 Å². The molecule has 0 amide bonds. The van der Waals surface area contributed by atoms with Gasteiger partial charge in [0, 0.05) is 12.6 Å². The van der Waals surface area contributed by atoms with Gasteiger partial charge in [-0.1, -0.05) is 19.9 Å². The normalized spacial score (nSPS) is 23.5. The summed E-state index contributed by atoms with van der Waals surface area (Å²) in [6.07, 6.45) is 2.00. The molecule has 1 aromatic rings. The number of hydrogen-bond donors (Lipinski definition) is 1. The van der Waals surface area contributed by atoms with Gasteiger partial charge in [-0.2, -0.15) is 0 Å². The lowest BCUT2D eigenvalue weighted by molar-refractivity contribution is 0.0932. The van der Waals surface area contributed by atoms with Gasteiger partial charge in [-0.05, 0) is 43.0 Å². The zero-order valence-electron chi connectivity index (χ0n) is 12.9. The Morgan fingerprint density at radius 2 is 2.00 bits per heavy atom. The van der Waals surface area contributed by atoms with E-state index >= 15 is 0 Å². The Labute approximate surface area is 126 Å². The Balaban J connectivity index is 1.69. The zero-order chi connectivity index (χ0) is 14.8. The number of benzene rings is 1. The third-order valence-electron chi connectivity index (χ3n) is 4.54. The predicted molar refractivity (Wildman–Crippen MR) is 81.8 cm³/mol. The molecule has 116 valence electrons. The first-order valence-electron chi connectivity index (χ1n) is 7.97. The fourth-order valence-corrected chi connectivity index (χ4v) is 3.43. The molecule has 4 heteroatoms. The van der Waals surface area contributed by atoms with Crippen LogP contribution in [-0.2, 0) is 0 Å². The summed E-state index contributed by atoms with van der Waals surface area (Å²) < 4.78 is 11.1. The molecule has 2 unspecified atom stereocenters. The maximum Gasteiger partial charge on any atom is 0.161 e. The summed E-state index contributed by atoms with van der Waals surface area (Å²) in [5.41, 5.74) is 0.911. The molecule has 2 aliphatic heterocycles. The van der Waals surface area contributed by atoms with Crippen LogP contribution in [0.4, 0.5) is 0 Å². The van der Waals surface area contributed by atoms with Crippen molar-refractivity contribution in [2.24, 2.45) is 5.92 Å². The van der Waals surface area contributed by atoms with Gasteiger partial charge in [0.2, 0.25) is 0 Å². The molecule has 2 heterocycles. The van der Waals surface area contributed by atoms with Crippen LogP contribution in [0.25, 0.3) is 0 Å². The van der Waals surface area contributed by atoms with Gasteiger partial charge in [0.05, 0.1) is 6.10 Å². The van der Waals surface area contributed by atoms with E-state index in [-0.39, 0.29) is 0 Å². The maximum atomic E-state index is 10.5. The largest absolute Gasteiger partial charge is 0.486 e. The molecule has 0 aliphatic carbocycles. The lowest BCUT2D eigenvalue weighted by Crippen LogP contribution is -2.36. The number of aliphatic hydroxyl groups excluding tert-OH is 1. The van der Waals surface area contributed by atoms with E-state index in [2.05, 4.69) is 18.7 Å². The first-order chi connectivity index (χ1) is 10.1. The van der Waals surface area contributed by atoms with Gasteiger partial charge >= 0.3 is 0 Å². The molecule has 0 spiro atoms. The molecule has 3 rings (SSSR count). The summed E-state index contributed by atoms with van der Waals surface area (Å²) >= 11 is 0. The van der Waals surface area contributed by atoms with Crippen molar-refractivity contribution < 1.29 is 14.6 Å². The van der Waals surface area contributed by atoms with E-state index in [1.54, 1.807) is 0 Å². The van der Waals surface area contributed by atoms with Crippen molar-refractivity contribution >= 4 is 0 Å². The number of nitrogens with zero attached hydrogens (tertiary/aromatic N) is 1. The number of hydrogen-bond acceptors (Lipinski definition) is 4. The van der Waals surface area contributed by atoms with Gasteiger partial charge in [0.1, 0.15) is 13.2 Å². The standard InChI is InChI=1S/C17H25NO3/c1-12(2)14-4-3-7-18(14)11-15(19)13-5-6-16-17(10-13)21-9-8-20-16/h5-6,10,12,14-15,19H,3-4,7-9,11H2,1-2H3. The van der Waals surface area contributed by atoms with Crippen LogP contribution in [0.3, 0.4) is 0 Å². The molecule has 2 aliphatic rings. The molecule has 0 bridgehead atoms. The Morgan fingerprint density at radius 1 is 1.24 bits per heavy atom. The number of likely N-dealkylation sites (tertiary alicyclic amines) is 1. The van der Waals surface area contributed by atoms with Crippen LogP contribution in [0.5, 0.6) is 11.5 Å². The summed E-state index contributed by atoms with van der Waals surface area (Å²) in [6.45, 7) is 7.48. The quantitative estimate of drug-likeness (QED) is 0.926. The minimum absolute atomic E-state index is 0.472. The van der Waals surface area contributed by atoms with Crippen LogP contribution in [-0.4, -0.2) is 42.4 Å². The zero-order valence-corrected chi connectivity index (χ0v) is 12.9. The Bertz CT molecular complexity index is 489.